The van der Waals surface area contributed by atoms with Gasteiger partial charge in [-0.05, 0) is 44.0 Å². The number of carbonyl (C=O) groups is 1. The monoisotopic (exact) mass is 417 g/mol. The van der Waals surface area contributed by atoms with Crippen LogP contribution in [0.25, 0.3) is 11.4 Å². The van der Waals surface area contributed by atoms with Crippen molar-refractivity contribution in [2.45, 2.75) is 37.6 Å². The highest BCUT2D eigenvalue weighted by Gasteiger charge is 2.22. The van der Waals surface area contributed by atoms with Gasteiger partial charge in [-0.1, -0.05) is 16.9 Å². The van der Waals surface area contributed by atoms with E-state index in [4.69, 9.17) is 9.26 Å². The Bertz CT molecular complexity index is 982. The number of halogens is 1. The highest BCUT2D eigenvalue weighted by Crippen LogP contribution is 2.27. The van der Waals surface area contributed by atoms with E-state index in [-0.39, 0.29) is 23.6 Å². The van der Waals surface area contributed by atoms with Crippen LogP contribution in [0.2, 0.25) is 0 Å². The first-order chi connectivity index (χ1) is 14.1. The van der Waals surface area contributed by atoms with Crippen LogP contribution in [0.1, 0.15) is 18.6 Å². The lowest BCUT2D eigenvalue weighted by atomic mass is 10.2. The summed E-state index contributed by atoms with van der Waals surface area (Å²) in [5.41, 5.74) is 0.756. The molecule has 0 bridgehead atoms. The van der Waals surface area contributed by atoms with Gasteiger partial charge in [0.2, 0.25) is 5.91 Å². The van der Waals surface area contributed by atoms with Crippen LogP contribution < -0.4 is 5.32 Å². The summed E-state index contributed by atoms with van der Waals surface area (Å²) in [6.07, 6.45) is 2.04. The van der Waals surface area contributed by atoms with E-state index in [0.717, 1.165) is 25.0 Å². The van der Waals surface area contributed by atoms with Crippen LogP contribution in [0.5, 0.6) is 0 Å². The Labute approximate surface area is 170 Å². The van der Waals surface area contributed by atoms with Gasteiger partial charge in [0, 0.05) is 18.2 Å². The Morgan fingerprint density at radius 1 is 1.34 bits per heavy atom. The van der Waals surface area contributed by atoms with Crippen LogP contribution in [0.4, 0.5) is 10.2 Å². The van der Waals surface area contributed by atoms with Crippen LogP contribution in [0.15, 0.2) is 40.0 Å². The summed E-state index contributed by atoms with van der Waals surface area (Å²) in [4.78, 5) is 12.2. The molecule has 0 spiro atoms. The van der Waals surface area contributed by atoms with Crippen molar-refractivity contribution in [3.8, 4) is 11.4 Å². The number of thioether (sulfide) groups is 1. The van der Waals surface area contributed by atoms with E-state index in [1.807, 2.05) is 4.57 Å². The quantitative estimate of drug-likeness (QED) is 0.590. The fourth-order valence-corrected chi connectivity index (χ4v) is 3.85. The van der Waals surface area contributed by atoms with Gasteiger partial charge >= 0.3 is 0 Å². The number of nitrogens with zero attached hydrogens (tertiary/aromatic N) is 4. The minimum absolute atomic E-state index is 0.0662. The number of ether oxygens (including phenoxy) is 1. The van der Waals surface area contributed by atoms with Crippen LogP contribution >= 0.6 is 11.8 Å². The lowest BCUT2D eigenvalue weighted by molar-refractivity contribution is -0.113. The highest BCUT2D eigenvalue weighted by atomic mass is 32.2. The molecule has 152 valence electrons. The third kappa shape index (κ3) is 4.83. The molecule has 1 atom stereocenters. The third-order valence-corrected chi connectivity index (χ3v) is 5.42. The molecule has 1 saturated heterocycles. The number of hydrogen-bond donors (Lipinski definition) is 1. The standard InChI is InChI=1S/C19H20FN5O3S/c1-12-9-16(24-28-12)21-17(26)11-29-19-23-22-18(13-4-6-14(20)7-5-13)25(19)10-15-3-2-8-27-15/h4-7,9,15H,2-3,8,10-11H2,1H3,(H,21,24,26). The maximum absolute atomic E-state index is 13.3. The van der Waals surface area contributed by atoms with Gasteiger partial charge in [-0.25, -0.2) is 4.39 Å². The van der Waals surface area contributed by atoms with Gasteiger partial charge < -0.3 is 14.6 Å². The first-order valence-corrected chi connectivity index (χ1v) is 10.2. The van der Waals surface area contributed by atoms with Gasteiger partial charge in [-0.2, -0.15) is 0 Å². The summed E-state index contributed by atoms with van der Waals surface area (Å²) in [6, 6.07) is 7.76. The van der Waals surface area contributed by atoms with E-state index in [9.17, 15) is 9.18 Å². The minimum Gasteiger partial charge on any atom is -0.376 e. The average molecular weight is 417 g/mol. The topological polar surface area (TPSA) is 95.1 Å². The number of benzene rings is 1. The lowest BCUT2D eigenvalue weighted by Crippen LogP contribution is -2.18. The Kier molecular flexibility index (Phi) is 5.91. The maximum atomic E-state index is 13.3. The van der Waals surface area contributed by atoms with Crippen molar-refractivity contribution in [1.82, 2.24) is 19.9 Å². The van der Waals surface area contributed by atoms with Gasteiger partial charge in [-0.3, -0.25) is 9.36 Å². The fraction of sp³-hybridized carbons (Fsp3) is 0.368. The van der Waals surface area contributed by atoms with Crippen molar-refractivity contribution in [2.75, 3.05) is 17.7 Å². The molecule has 10 heteroatoms. The van der Waals surface area contributed by atoms with Crippen LogP contribution in [0.3, 0.4) is 0 Å². The second kappa shape index (κ2) is 8.75. The van der Waals surface area contributed by atoms with Crippen molar-refractivity contribution in [2.24, 2.45) is 0 Å². The summed E-state index contributed by atoms with van der Waals surface area (Å²) in [5, 5.41) is 15.6. The second-order valence-electron chi connectivity index (χ2n) is 6.72. The molecular formula is C19H20FN5O3S. The molecule has 0 saturated carbocycles. The number of carbonyl (C=O) groups excluding carboxylic acids is 1. The molecular weight excluding hydrogens is 397 g/mol. The maximum Gasteiger partial charge on any atom is 0.236 e. The first kappa shape index (κ1) is 19.6. The van der Waals surface area contributed by atoms with Gasteiger partial charge in [0.15, 0.2) is 16.8 Å². The molecule has 1 aliphatic rings. The molecule has 1 fully saturated rings. The number of nitrogens with one attached hydrogen (secondary N) is 1. The number of anilines is 1. The SMILES string of the molecule is Cc1cc(NC(=O)CSc2nnc(-c3ccc(F)cc3)n2CC2CCCO2)no1. The van der Waals surface area contributed by atoms with Crippen molar-refractivity contribution in [3.63, 3.8) is 0 Å². The minimum atomic E-state index is -0.312. The molecule has 3 aromatic rings. The predicted octanol–water partition coefficient (Wildman–Crippen LogP) is 3.29. The van der Waals surface area contributed by atoms with E-state index in [2.05, 4.69) is 20.7 Å². The largest absolute Gasteiger partial charge is 0.376 e. The molecule has 2 aromatic heterocycles. The summed E-state index contributed by atoms with van der Waals surface area (Å²) in [5.74, 6) is 1.22. The van der Waals surface area contributed by atoms with E-state index >= 15 is 0 Å². The lowest BCUT2D eigenvalue weighted by Gasteiger charge is -2.14. The van der Waals surface area contributed by atoms with Gasteiger partial charge in [-0.15, -0.1) is 10.2 Å². The molecule has 1 aromatic carbocycles. The predicted molar refractivity (Wildman–Crippen MR) is 105 cm³/mol. The molecule has 1 N–H and O–H groups in total. The molecule has 3 heterocycles. The molecule has 0 aliphatic carbocycles. The molecule has 29 heavy (non-hydrogen) atoms. The van der Waals surface area contributed by atoms with E-state index in [1.165, 1.54) is 23.9 Å². The second-order valence-corrected chi connectivity index (χ2v) is 7.66. The normalized spacial score (nSPS) is 16.3. The zero-order valence-corrected chi connectivity index (χ0v) is 16.6. The van der Waals surface area contributed by atoms with Gasteiger partial charge in [0.25, 0.3) is 0 Å². The molecule has 8 nitrogen and oxygen atoms in total. The Hall–Kier alpha value is -2.72. The average Bonchev–Trinajstić information content (AvgIpc) is 3.44. The fourth-order valence-electron chi connectivity index (χ4n) is 3.10. The Morgan fingerprint density at radius 2 is 2.17 bits per heavy atom. The van der Waals surface area contributed by atoms with Crippen molar-refractivity contribution in [1.29, 1.82) is 0 Å². The number of aromatic nitrogens is 4. The molecule has 1 unspecified atom stereocenters. The molecule has 4 rings (SSSR count). The summed E-state index contributed by atoms with van der Waals surface area (Å²) in [6.45, 7) is 3.06. The van der Waals surface area contributed by atoms with Crippen molar-refractivity contribution < 1.29 is 18.4 Å². The molecule has 1 amide bonds. The smallest absolute Gasteiger partial charge is 0.236 e. The molecule has 1 aliphatic heterocycles. The number of aryl methyl sites for hydroxylation is 1. The van der Waals surface area contributed by atoms with Gasteiger partial charge in [0.05, 0.1) is 18.4 Å². The third-order valence-electron chi connectivity index (χ3n) is 4.46. The zero-order chi connectivity index (χ0) is 20.2. The summed E-state index contributed by atoms with van der Waals surface area (Å²) < 4.78 is 25.9. The number of rotatable bonds is 7. The summed E-state index contributed by atoms with van der Waals surface area (Å²) >= 11 is 1.27. The van der Waals surface area contributed by atoms with Crippen LogP contribution in [-0.4, -0.2) is 44.3 Å². The van der Waals surface area contributed by atoms with E-state index in [0.29, 0.717) is 29.1 Å². The Morgan fingerprint density at radius 3 is 2.86 bits per heavy atom. The van der Waals surface area contributed by atoms with E-state index < -0.39 is 0 Å². The highest BCUT2D eigenvalue weighted by molar-refractivity contribution is 7.99. The van der Waals surface area contributed by atoms with Crippen LogP contribution in [-0.2, 0) is 16.1 Å². The first-order valence-electron chi connectivity index (χ1n) is 9.25. The van der Waals surface area contributed by atoms with Crippen molar-refractivity contribution >= 4 is 23.5 Å². The summed E-state index contributed by atoms with van der Waals surface area (Å²) in [7, 11) is 0. The number of hydrogen-bond acceptors (Lipinski definition) is 7. The van der Waals surface area contributed by atoms with Crippen molar-refractivity contribution in [3.05, 3.63) is 41.9 Å². The Balaban J connectivity index is 1.50. The number of amides is 1. The zero-order valence-electron chi connectivity index (χ0n) is 15.8. The van der Waals surface area contributed by atoms with Gasteiger partial charge in [0.1, 0.15) is 11.6 Å². The van der Waals surface area contributed by atoms with Crippen LogP contribution in [0, 0.1) is 12.7 Å². The molecule has 0 radical (unpaired) electrons. The van der Waals surface area contributed by atoms with E-state index in [1.54, 1.807) is 25.1 Å².